The van der Waals surface area contributed by atoms with Gasteiger partial charge in [0.25, 0.3) is 5.91 Å². The number of rotatable bonds is 3. The van der Waals surface area contributed by atoms with Crippen LogP contribution in [0.2, 0.25) is 0 Å². The number of carbonyl (C=O) groups is 1. The van der Waals surface area contributed by atoms with E-state index in [0.717, 1.165) is 19.3 Å². The highest BCUT2D eigenvalue weighted by molar-refractivity contribution is 7.80. The summed E-state index contributed by atoms with van der Waals surface area (Å²) in [5, 5.41) is 6.58. The lowest BCUT2D eigenvalue weighted by Crippen LogP contribution is -2.41. The van der Waals surface area contributed by atoms with E-state index in [1.54, 1.807) is 13.0 Å². The third kappa shape index (κ3) is 2.63. The molecular formula is C11H15N3O2S. The monoisotopic (exact) mass is 253 g/mol. The Hall–Kier alpha value is -1.43. The highest BCUT2D eigenvalue weighted by Crippen LogP contribution is 2.26. The van der Waals surface area contributed by atoms with E-state index < -0.39 is 0 Å². The largest absolute Gasteiger partial charge is 0.393 e. The molecule has 0 bridgehead atoms. The standard InChI is InChI=1S/C11H15N3O2S/c1-6-5-9(16-14-6)11(15)13-8-4-2-3-7(8)10(12)17/h5,7-8H,2-4H2,1H3,(H2,12,17)(H,13,15). The summed E-state index contributed by atoms with van der Waals surface area (Å²) in [6.07, 6.45) is 2.87. The molecule has 1 fully saturated rings. The van der Waals surface area contributed by atoms with Crippen LogP contribution in [-0.2, 0) is 0 Å². The van der Waals surface area contributed by atoms with Gasteiger partial charge in [-0.3, -0.25) is 4.79 Å². The molecule has 3 N–H and O–H groups in total. The maximum Gasteiger partial charge on any atom is 0.290 e. The van der Waals surface area contributed by atoms with E-state index in [0.29, 0.717) is 10.7 Å². The van der Waals surface area contributed by atoms with Gasteiger partial charge >= 0.3 is 0 Å². The van der Waals surface area contributed by atoms with Crippen molar-refractivity contribution in [3.63, 3.8) is 0 Å². The van der Waals surface area contributed by atoms with E-state index in [9.17, 15) is 4.79 Å². The maximum atomic E-state index is 11.9. The van der Waals surface area contributed by atoms with Crippen LogP contribution in [0.15, 0.2) is 10.6 Å². The molecule has 6 heteroatoms. The Bertz CT molecular complexity index is 444. The van der Waals surface area contributed by atoms with Gasteiger partial charge in [-0.05, 0) is 19.8 Å². The van der Waals surface area contributed by atoms with E-state index in [4.69, 9.17) is 22.5 Å². The van der Waals surface area contributed by atoms with Crippen LogP contribution in [0.5, 0.6) is 0 Å². The third-order valence-corrected chi connectivity index (χ3v) is 3.35. The fraction of sp³-hybridized carbons (Fsp3) is 0.545. The van der Waals surface area contributed by atoms with Gasteiger partial charge in [0.2, 0.25) is 5.76 Å². The van der Waals surface area contributed by atoms with E-state index in [1.807, 2.05) is 0 Å². The number of hydrogen-bond donors (Lipinski definition) is 2. The highest BCUT2D eigenvalue weighted by Gasteiger charge is 2.31. The molecule has 2 atom stereocenters. The molecule has 1 aromatic rings. The number of thiocarbonyl (C=S) groups is 1. The molecule has 17 heavy (non-hydrogen) atoms. The number of hydrogen-bond acceptors (Lipinski definition) is 4. The second-order valence-electron chi connectivity index (χ2n) is 4.35. The van der Waals surface area contributed by atoms with Gasteiger partial charge in [0.05, 0.1) is 10.7 Å². The van der Waals surface area contributed by atoms with E-state index >= 15 is 0 Å². The highest BCUT2D eigenvalue weighted by atomic mass is 32.1. The van der Waals surface area contributed by atoms with E-state index in [-0.39, 0.29) is 23.6 Å². The lowest BCUT2D eigenvalue weighted by molar-refractivity contribution is 0.0896. The maximum absolute atomic E-state index is 11.9. The van der Waals surface area contributed by atoms with Crippen LogP contribution in [0.4, 0.5) is 0 Å². The van der Waals surface area contributed by atoms with Crippen LogP contribution in [0.3, 0.4) is 0 Å². The lowest BCUT2D eigenvalue weighted by atomic mass is 10.0. The van der Waals surface area contributed by atoms with Gasteiger partial charge < -0.3 is 15.6 Å². The molecule has 1 saturated carbocycles. The number of nitrogens with two attached hydrogens (primary N) is 1. The first-order valence-corrected chi connectivity index (χ1v) is 6.02. The van der Waals surface area contributed by atoms with Crippen molar-refractivity contribution in [2.24, 2.45) is 11.7 Å². The Kier molecular flexibility index (Phi) is 3.42. The predicted octanol–water partition coefficient (Wildman–Crippen LogP) is 1.17. The molecule has 1 heterocycles. The first-order valence-electron chi connectivity index (χ1n) is 5.61. The summed E-state index contributed by atoms with van der Waals surface area (Å²) in [5.74, 6) is 0.0767. The Morgan fingerprint density at radius 1 is 1.65 bits per heavy atom. The van der Waals surface area contributed by atoms with Crippen LogP contribution in [0.1, 0.15) is 35.5 Å². The van der Waals surface area contributed by atoms with E-state index in [2.05, 4.69) is 10.5 Å². The van der Waals surface area contributed by atoms with Crippen molar-refractivity contribution in [3.05, 3.63) is 17.5 Å². The van der Waals surface area contributed by atoms with Crippen molar-refractivity contribution in [1.29, 1.82) is 0 Å². The molecule has 1 aliphatic carbocycles. The SMILES string of the molecule is Cc1cc(C(=O)NC2CCCC2C(N)=S)on1. The molecule has 1 aromatic heterocycles. The van der Waals surface area contributed by atoms with Crippen LogP contribution in [0.25, 0.3) is 0 Å². The van der Waals surface area contributed by atoms with Gasteiger partial charge in [-0.25, -0.2) is 0 Å². The molecule has 0 aromatic carbocycles. The second kappa shape index (κ2) is 4.83. The summed E-state index contributed by atoms with van der Waals surface area (Å²) >= 11 is 5.00. The summed E-state index contributed by atoms with van der Waals surface area (Å²) in [7, 11) is 0. The molecule has 2 unspecified atom stereocenters. The number of amides is 1. The number of nitrogens with zero attached hydrogens (tertiary/aromatic N) is 1. The fourth-order valence-electron chi connectivity index (χ4n) is 2.18. The quantitative estimate of drug-likeness (QED) is 0.790. The van der Waals surface area contributed by atoms with Crippen molar-refractivity contribution in [2.45, 2.75) is 32.2 Å². The Morgan fingerprint density at radius 3 is 3.00 bits per heavy atom. The Labute approximate surface area is 105 Å². The van der Waals surface area contributed by atoms with Crippen LogP contribution < -0.4 is 11.1 Å². The zero-order valence-corrected chi connectivity index (χ0v) is 10.4. The zero-order valence-electron chi connectivity index (χ0n) is 9.60. The molecule has 0 saturated heterocycles. The smallest absolute Gasteiger partial charge is 0.290 e. The van der Waals surface area contributed by atoms with Crippen molar-refractivity contribution < 1.29 is 9.32 Å². The summed E-state index contributed by atoms with van der Waals surface area (Å²) in [5.41, 5.74) is 6.34. The number of carbonyl (C=O) groups excluding carboxylic acids is 1. The molecule has 1 amide bonds. The Morgan fingerprint density at radius 2 is 2.41 bits per heavy atom. The van der Waals surface area contributed by atoms with Crippen LogP contribution in [0, 0.1) is 12.8 Å². The van der Waals surface area contributed by atoms with Crippen LogP contribution >= 0.6 is 12.2 Å². The third-order valence-electron chi connectivity index (χ3n) is 3.05. The molecule has 1 aliphatic rings. The molecular weight excluding hydrogens is 238 g/mol. The average molecular weight is 253 g/mol. The topological polar surface area (TPSA) is 81.2 Å². The molecule has 2 rings (SSSR count). The van der Waals surface area contributed by atoms with Gasteiger partial charge in [-0.15, -0.1) is 0 Å². The minimum atomic E-state index is -0.251. The minimum Gasteiger partial charge on any atom is -0.393 e. The lowest BCUT2D eigenvalue weighted by Gasteiger charge is -2.18. The van der Waals surface area contributed by atoms with Crippen LogP contribution in [-0.4, -0.2) is 22.1 Å². The Balaban J connectivity index is 2.01. The molecule has 0 radical (unpaired) electrons. The van der Waals surface area contributed by atoms with Gasteiger partial charge in [0.1, 0.15) is 0 Å². The molecule has 5 nitrogen and oxygen atoms in total. The van der Waals surface area contributed by atoms with Gasteiger partial charge in [0.15, 0.2) is 0 Å². The average Bonchev–Trinajstić information content (AvgIpc) is 2.86. The normalized spacial score (nSPS) is 23.6. The minimum absolute atomic E-state index is 0.0189. The number of nitrogens with one attached hydrogen (secondary N) is 1. The molecule has 92 valence electrons. The van der Waals surface area contributed by atoms with Gasteiger partial charge in [-0.1, -0.05) is 23.8 Å². The molecule has 0 spiro atoms. The van der Waals surface area contributed by atoms with Crippen molar-refractivity contribution in [3.8, 4) is 0 Å². The zero-order chi connectivity index (χ0) is 12.4. The summed E-state index contributed by atoms with van der Waals surface area (Å²) in [6.45, 7) is 1.77. The van der Waals surface area contributed by atoms with Crippen molar-refractivity contribution in [2.75, 3.05) is 0 Å². The molecule has 0 aliphatic heterocycles. The summed E-state index contributed by atoms with van der Waals surface area (Å²) in [6, 6.07) is 1.63. The fourth-order valence-corrected chi connectivity index (χ4v) is 2.47. The van der Waals surface area contributed by atoms with Crippen molar-refractivity contribution in [1.82, 2.24) is 10.5 Å². The predicted molar refractivity (Wildman–Crippen MR) is 66.6 cm³/mol. The summed E-state index contributed by atoms with van der Waals surface area (Å²) in [4.78, 5) is 12.3. The number of aromatic nitrogens is 1. The number of aryl methyl sites for hydroxylation is 1. The summed E-state index contributed by atoms with van der Waals surface area (Å²) < 4.78 is 4.91. The van der Waals surface area contributed by atoms with Crippen molar-refractivity contribution >= 4 is 23.1 Å². The van der Waals surface area contributed by atoms with Gasteiger partial charge in [-0.2, -0.15) is 0 Å². The van der Waals surface area contributed by atoms with Gasteiger partial charge in [0, 0.05) is 18.0 Å². The second-order valence-corrected chi connectivity index (χ2v) is 4.82. The first kappa shape index (κ1) is 12.0. The first-order chi connectivity index (χ1) is 8.08. The van der Waals surface area contributed by atoms with E-state index in [1.165, 1.54) is 0 Å².